The van der Waals surface area contributed by atoms with Gasteiger partial charge in [0, 0.05) is 24.7 Å². The fourth-order valence-corrected chi connectivity index (χ4v) is 1.88. The zero-order chi connectivity index (χ0) is 7.94. The minimum atomic E-state index is 0.320. The van der Waals surface area contributed by atoms with Crippen LogP contribution < -0.4 is 5.32 Å². The molecule has 0 saturated carbocycles. The van der Waals surface area contributed by atoms with Gasteiger partial charge in [-0.1, -0.05) is 13.3 Å². The molecular formula is C8H17NOS. The Labute approximate surface area is 73.1 Å². The predicted octanol–water partition coefficient (Wildman–Crippen LogP) is 1.47. The Morgan fingerprint density at radius 2 is 2.55 bits per heavy atom. The first-order valence-electron chi connectivity index (χ1n) is 4.36. The van der Waals surface area contributed by atoms with Crippen LogP contribution in [0.5, 0.6) is 0 Å². The molecule has 1 unspecified atom stereocenters. The zero-order valence-corrected chi connectivity index (χ0v) is 7.95. The fourth-order valence-electron chi connectivity index (χ4n) is 1.02. The third-order valence-corrected chi connectivity index (χ3v) is 2.74. The lowest BCUT2D eigenvalue weighted by atomic mass is 10.4. The molecule has 0 aromatic rings. The topological polar surface area (TPSA) is 21.3 Å². The maximum atomic E-state index is 5.59. The van der Waals surface area contributed by atoms with Gasteiger partial charge in [-0.15, -0.1) is 0 Å². The van der Waals surface area contributed by atoms with Gasteiger partial charge in [0.25, 0.3) is 0 Å². The Hall–Kier alpha value is 0.270. The van der Waals surface area contributed by atoms with E-state index in [-0.39, 0.29) is 0 Å². The number of unbranched alkanes of at least 4 members (excludes halogenated alkanes) is 1. The van der Waals surface area contributed by atoms with E-state index in [0.29, 0.717) is 6.23 Å². The van der Waals surface area contributed by atoms with Crippen LogP contribution in [0.15, 0.2) is 0 Å². The summed E-state index contributed by atoms with van der Waals surface area (Å²) in [7, 11) is 0. The van der Waals surface area contributed by atoms with Crippen molar-refractivity contribution in [3.63, 3.8) is 0 Å². The van der Waals surface area contributed by atoms with E-state index in [1.165, 1.54) is 18.6 Å². The average Bonchev–Trinajstić information content (AvgIpc) is 2.07. The van der Waals surface area contributed by atoms with Crippen molar-refractivity contribution in [1.82, 2.24) is 5.32 Å². The van der Waals surface area contributed by atoms with Gasteiger partial charge in [0.15, 0.2) is 0 Å². The quantitative estimate of drug-likeness (QED) is 0.654. The van der Waals surface area contributed by atoms with E-state index in [1.54, 1.807) is 0 Å². The highest BCUT2D eigenvalue weighted by atomic mass is 32.2. The van der Waals surface area contributed by atoms with Crippen molar-refractivity contribution in [3.05, 3.63) is 0 Å². The first-order valence-corrected chi connectivity index (χ1v) is 5.51. The minimum Gasteiger partial charge on any atom is -0.362 e. The van der Waals surface area contributed by atoms with Crippen LogP contribution in [-0.2, 0) is 4.74 Å². The van der Waals surface area contributed by atoms with E-state index >= 15 is 0 Å². The van der Waals surface area contributed by atoms with Crippen molar-refractivity contribution in [2.24, 2.45) is 0 Å². The number of hydrogen-bond donors (Lipinski definition) is 1. The highest BCUT2D eigenvalue weighted by molar-refractivity contribution is 7.99. The molecule has 0 aromatic carbocycles. The van der Waals surface area contributed by atoms with E-state index in [2.05, 4.69) is 12.2 Å². The predicted molar refractivity (Wildman–Crippen MR) is 50.0 cm³/mol. The van der Waals surface area contributed by atoms with Crippen LogP contribution in [0.2, 0.25) is 0 Å². The molecule has 1 rings (SSSR count). The maximum Gasteiger partial charge on any atom is 0.117 e. The second kappa shape index (κ2) is 5.86. The van der Waals surface area contributed by atoms with Gasteiger partial charge in [-0.3, -0.25) is 5.32 Å². The molecule has 11 heavy (non-hydrogen) atoms. The second-order valence-electron chi connectivity index (χ2n) is 2.74. The lowest BCUT2D eigenvalue weighted by molar-refractivity contribution is 0.0439. The lowest BCUT2D eigenvalue weighted by Crippen LogP contribution is -2.39. The molecule has 1 aliphatic heterocycles. The Morgan fingerprint density at radius 1 is 1.64 bits per heavy atom. The molecule has 1 heterocycles. The molecule has 0 amide bonds. The third-order valence-electron chi connectivity index (χ3n) is 1.70. The van der Waals surface area contributed by atoms with Crippen molar-refractivity contribution in [3.8, 4) is 0 Å². The normalized spacial score (nSPS) is 25.4. The Kier molecular flexibility index (Phi) is 4.99. The van der Waals surface area contributed by atoms with Crippen molar-refractivity contribution >= 4 is 11.8 Å². The number of ether oxygens (including phenoxy) is 1. The molecule has 0 radical (unpaired) electrons. The van der Waals surface area contributed by atoms with Gasteiger partial charge in [-0.25, -0.2) is 0 Å². The van der Waals surface area contributed by atoms with Crippen molar-refractivity contribution in [2.75, 3.05) is 24.7 Å². The molecule has 0 aromatic heterocycles. The van der Waals surface area contributed by atoms with Crippen LogP contribution in [0.25, 0.3) is 0 Å². The molecule has 1 fully saturated rings. The summed E-state index contributed by atoms with van der Waals surface area (Å²) in [5, 5.41) is 3.33. The summed E-state index contributed by atoms with van der Waals surface area (Å²) in [4.78, 5) is 0. The van der Waals surface area contributed by atoms with Gasteiger partial charge < -0.3 is 4.74 Å². The number of nitrogens with one attached hydrogen (secondary N) is 1. The Bertz CT molecular complexity index is 94.1. The first kappa shape index (κ1) is 9.36. The molecule has 1 aliphatic rings. The first-order chi connectivity index (χ1) is 5.43. The van der Waals surface area contributed by atoms with Gasteiger partial charge in [0.1, 0.15) is 6.23 Å². The summed E-state index contributed by atoms with van der Waals surface area (Å²) in [6.45, 7) is 4.20. The van der Waals surface area contributed by atoms with E-state index in [4.69, 9.17) is 4.74 Å². The lowest BCUT2D eigenvalue weighted by Gasteiger charge is -2.23. The largest absolute Gasteiger partial charge is 0.362 e. The molecule has 1 atom stereocenters. The van der Waals surface area contributed by atoms with Crippen LogP contribution in [0.1, 0.15) is 19.8 Å². The molecular weight excluding hydrogens is 158 g/mol. The van der Waals surface area contributed by atoms with Crippen molar-refractivity contribution in [2.45, 2.75) is 26.0 Å². The fraction of sp³-hybridized carbons (Fsp3) is 1.00. The molecule has 0 aliphatic carbocycles. The monoisotopic (exact) mass is 175 g/mol. The van der Waals surface area contributed by atoms with E-state index in [9.17, 15) is 0 Å². The van der Waals surface area contributed by atoms with E-state index in [1.807, 2.05) is 11.8 Å². The summed E-state index contributed by atoms with van der Waals surface area (Å²) < 4.78 is 5.59. The van der Waals surface area contributed by atoms with Gasteiger partial charge in [0.2, 0.25) is 0 Å². The van der Waals surface area contributed by atoms with Gasteiger partial charge in [-0.2, -0.15) is 11.8 Å². The Morgan fingerprint density at radius 3 is 3.18 bits per heavy atom. The number of hydrogen-bond acceptors (Lipinski definition) is 3. The van der Waals surface area contributed by atoms with Crippen molar-refractivity contribution in [1.29, 1.82) is 0 Å². The van der Waals surface area contributed by atoms with Gasteiger partial charge in [-0.05, 0) is 6.42 Å². The highest BCUT2D eigenvalue weighted by Crippen LogP contribution is 2.08. The Balaban J connectivity index is 1.96. The molecule has 1 saturated heterocycles. The highest BCUT2D eigenvalue weighted by Gasteiger charge is 2.11. The van der Waals surface area contributed by atoms with Gasteiger partial charge >= 0.3 is 0 Å². The SMILES string of the molecule is CCCCOC1CSCCN1. The molecule has 0 spiro atoms. The smallest absolute Gasteiger partial charge is 0.117 e. The molecule has 0 bridgehead atoms. The van der Waals surface area contributed by atoms with Crippen LogP contribution in [0.4, 0.5) is 0 Å². The van der Waals surface area contributed by atoms with E-state index in [0.717, 1.165) is 18.9 Å². The van der Waals surface area contributed by atoms with Crippen LogP contribution in [0, 0.1) is 0 Å². The van der Waals surface area contributed by atoms with Crippen LogP contribution in [0.3, 0.4) is 0 Å². The summed E-state index contributed by atoms with van der Waals surface area (Å²) in [5.41, 5.74) is 0. The van der Waals surface area contributed by atoms with Crippen LogP contribution in [-0.4, -0.2) is 30.9 Å². The molecule has 2 nitrogen and oxygen atoms in total. The summed E-state index contributed by atoms with van der Waals surface area (Å²) in [6, 6.07) is 0. The van der Waals surface area contributed by atoms with Crippen molar-refractivity contribution < 1.29 is 4.74 Å². The third kappa shape index (κ3) is 3.99. The number of rotatable bonds is 4. The second-order valence-corrected chi connectivity index (χ2v) is 3.89. The van der Waals surface area contributed by atoms with Crippen LogP contribution >= 0.6 is 11.8 Å². The molecule has 1 N–H and O–H groups in total. The molecule has 66 valence electrons. The van der Waals surface area contributed by atoms with E-state index < -0.39 is 0 Å². The molecule has 3 heteroatoms. The van der Waals surface area contributed by atoms with Gasteiger partial charge in [0.05, 0.1) is 0 Å². The summed E-state index contributed by atoms with van der Waals surface area (Å²) in [6.07, 6.45) is 2.73. The maximum absolute atomic E-state index is 5.59. The zero-order valence-electron chi connectivity index (χ0n) is 7.14. The minimum absolute atomic E-state index is 0.320. The average molecular weight is 175 g/mol. The number of thioether (sulfide) groups is 1. The summed E-state index contributed by atoms with van der Waals surface area (Å²) >= 11 is 1.97. The summed E-state index contributed by atoms with van der Waals surface area (Å²) in [5.74, 6) is 2.34. The standard InChI is InChI=1S/C8H17NOS/c1-2-3-5-10-8-7-11-6-4-9-8/h8-9H,2-7H2,1H3.